The predicted molar refractivity (Wildman–Crippen MR) is 71.8 cm³/mol. The van der Waals surface area contributed by atoms with Gasteiger partial charge < -0.3 is 14.4 Å². The molecule has 0 aromatic carbocycles. The van der Waals surface area contributed by atoms with Gasteiger partial charge in [0.25, 0.3) is 0 Å². The Hall–Kier alpha value is -2.22. The van der Waals surface area contributed by atoms with Crippen LogP contribution in [0.3, 0.4) is 0 Å². The summed E-state index contributed by atoms with van der Waals surface area (Å²) < 4.78 is 11.6. The Balaban J connectivity index is 2.23. The molecule has 1 N–H and O–H groups in total. The van der Waals surface area contributed by atoms with Gasteiger partial charge in [-0.25, -0.2) is 9.48 Å². The molecular weight excluding hydrogens is 276 g/mol. The molecule has 114 valence electrons. The van der Waals surface area contributed by atoms with E-state index in [1.807, 2.05) is 13.8 Å². The van der Waals surface area contributed by atoms with E-state index < -0.39 is 5.97 Å². The first kappa shape index (κ1) is 15.2. The van der Waals surface area contributed by atoms with E-state index in [1.54, 1.807) is 17.9 Å². The van der Waals surface area contributed by atoms with Crippen LogP contribution in [0.1, 0.15) is 41.5 Å². The Bertz CT molecular complexity index is 617. The van der Waals surface area contributed by atoms with E-state index in [9.17, 15) is 4.79 Å². The largest absolute Gasteiger partial charge is 0.476 e. The first-order valence-electron chi connectivity index (χ1n) is 6.60. The molecule has 2 rings (SSSR count). The second-order valence-electron chi connectivity index (χ2n) is 5.16. The molecule has 2 heterocycles. The highest BCUT2D eigenvalue weighted by Crippen LogP contribution is 2.14. The lowest BCUT2D eigenvalue weighted by molar-refractivity contribution is 0.0689. The number of rotatable bonds is 7. The smallest absolute Gasteiger partial charge is 0.358 e. The number of aromatic nitrogens is 4. The van der Waals surface area contributed by atoms with E-state index >= 15 is 0 Å². The first-order chi connectivity index (χ1) is 10.0. The van der Waals surface area contributed by atoms with Crippen LogP contribution in [-0.4, -0.2) is 38.3 Å². The van der Waals surface area contributed by atoms with E-state index in [4.69, 9.17) is 14.4 Å². The molecule has 0 saturated heterocycles. The minimum Gasteiger partial charge on any atom is -0.476 e. The van der Waals surface area contributed by atoms with Crippen LogP contribution in [0.4, 0.5) is 0 Å². The summed E-state index contributed by atoms with van der Waals surface area (Å²) in [6.45, 7) is 4.67. The number of hydrogen-bond acceptors (Lipinski definition) is 6. The molecule has 0 aliphatic heterocycles. The molecule has 2 aromatic heterocycles. The number of methoxy groups -OCH3 is 1. The fourth-order valence-corrected chi connectivity index (χ4v) is 2.01. The second-order valence-corrected chi connectivity index (χ2v) is 5.16. The quantitative estimate of drug-likeness (QED) is 0.822. The van der Waals surface area contributed by atoms with Gasteiger partial charge in [-0.3, -0.25) is 0 Å². The Morgan fingerprint density at radius 2 is 2.29 bits per heavy atom. The Morgan fingerprint density at radius 1 is 1.52 bits per heavy atom. The van der Waals surface area contributed by atoms with Gasteiger partial charge in [0, 0.05) is 13.2 Å². The number of carboxylic acid groups (broad SMARTS) is 1. The molecule has 0 amide bonds. The topological polar surface area (TPSA) is 103 Å². The van der Waals surface area contributed by atoms with Crippen molar-refractivity contribution in [1.29, 1.82) is 0 Å². The minimum atomic E-state index is -1.07. The van der Waals surface area contributed by atoms with Gasteiger partial charge in [-0.05, 0) is 12.3 Å². The van der Waals surface area contributed by atoms with E-state index in [1.165, 1.54) is 0 Å². The molecule has 8 heteroatoms. The number of carbonyl (C=O) groups is 1. The van der Waals surface area contributed by atoms with Crippen molar-refractivity contribution in [2.24, 2.45) is 5.92 Å². The van der Waals surface area contributed by atoms with Gasteiger partial charge in [-0.15, -0.1) is 5.10 Å². The number of nitrogens with zero attached hydrogens (tertiary/aromatic N) is 4. The van der Waals surface area contributed by atoms with Crippen LogP contribution in [0.5, 0.6) is 0 Å². The Labute approximate surface area is 121 Å². The van der Waals surface area contributed by atoms with Crippen LogP contribution in [0, 0.1) is 5.92 Å². The zero-order valence-electron chi connectivity index (χ0n) is 12.2. The molecule has 21 heavy (non-hydrogen) atoms. The van der Waals surface area contributed by atoms with E-state index in [2.05, 4.69) is 15.5 Å². The maximum absolute atomic E-state index is 11.2. The molecule has 0 saturated carbocycles. The lowest BCUT2D eigenvalue weighted by Gasteiger charge is -2.07. The predicted octanol–water partition coefficient (Wildman–Crippen LogP) is 1.36. The van der Waals surface area contributed by atoms with Crippen LogP contribution in [0.15, 0.2) is 10.6 Å². The van der Waals surface area contributed by atoms with E-state index in [0.717, 1.165) is 0 Å². The molecule has 0 aliphatic carbocycles. The summed E-state index contributed by atoms with van der Waals surface area (Å²) in [5, 5.41) is 20.7. The summed E-state index contributed by atoms with van der Waals surface area (Å²) in [6, 6.07) is 1.75. The van der Waals surface area contributed by atoms with E-state index in [-0.39, 0.29) is 5.69 Å². The third-order valence-corrected chi connectivity index (χ3v) is 2.85. The summed E-state index contributed by atoms with van der Waals surface area (Å²) in [5.74, 6) is -0.171. The molecule has 0 spiro atoms. The second kappa shape index (κ2) is 6.49. The normalized spacial score (nSPS) is 11.2. The monoisotopic (exact) mass is 294 g/mol. The van der Waals surface area contributed by atoms with Gasteiger partial charge in [0.15, 0.2) is 11.5 Å². The fraction of sp³-hybridized carbons (Fsp3) is 0.538. The SMILES string of the molecule is COCc1cc(Cn2nnc(C(=O)O)c2CC(C)C)no1. The van der Waals surface area contributed by atoms with Crippen molar-refractivity contribution in [3.63, 3.8) is 0 Å². The van der Waals surface area contributed by atoms with Crippen molar-refractivity contribution in [3.8, 4) is 0 Å². The molecular formula is C13H18N4O4. The lowest BCUT2D eigenvalue weighted by Crippen LogP contribution is -2.12. The number of carboxylic acids is 1. The Kier molecular flexibility index (Phi) is 4.69. The van der Waals surface area contributed by atoms with Crippen LogP contribution < -0.4 is 0 Å². The van der Waals surface area contributed by atoms with Gasteiger partial charge in [0.2, 0.25) is 0 Å². The van der Waals surface area contributed by atoms with Gasteiger partial charge in [-0.2, -0.15) is 0 Å². The van der Waals surface area contributed by atoms with Crippen LogP contribution in [0.25, 0.3) is 0 Å². The van der Waals surface area contributed by atoms with Crippen LogP contribution >= 0.6 is 0 Å². The zero-order chi connectivity index (χ0) is 15.4. The highest BCUT2D eigenvalue weighted by Gasteiger charge is 2.20. The first-order valence-corrected chi connectivity index (χ1v) is 6.60. The van der Waals surface area contributed by atoms with E-state index in [0.29, 0.717) is 42.6 Å². The molecule has 0 unspecified atom stereocenters. The average molecular weight is 294 g/mol. The molecule has 8 nitrogen and oxygen atoms in total. The molecule has 0 radical (unpaired) electrons. The van der Waals surface area contributed by atoms with Gasteiger partial charge in [0.05, 0.1) is 12.2 Å². The fourth-order valence-electron chi connectivity index (χ4n) is 2.01. The maximum atomic E-state index is 11.2. The van der Waals surface area contributed by atoms with Crippen molar-refractivity contribution in [2.45, 2.75) is 33.4 Å². The summed E-state index contributed by atoms with van der Waals surface area (Å²) in [6.07, 6.45) is 0.581. The maximum Gasteiger partial charge on any atom is 0.358 e. The molecule has 0 aliphatic rings. The molecule has 2 aromatic rings. The van der Waals surface area contributed by atoms with Crippen LogP contribution in [-0.2, 0) is 24.3 Å². The van der Waals surface area contributed by atoms with Gasteiger partial charge in [-0.1, -0.05) is 24.2 Å². The lowest BCUT2D eigenvalue weighted by atomic mass is 10.1. The molecule has 0 fully saturated rings. The summed E-state index contributed by atoms with van der Waals surface area (Å²) in [5.41, 5.74) is 1.23. The number of ether oxygens (including phenoxy) is 1. The third-order valence-electron chi connectivity index (χ3n) is 2.85. The Morgan fingerprint density at radius 3 is 2.90 bits per heavy atom. The highest BCUT2D eigenvalue weighted by molar-refractivity contribution is 5.86. The highest BCUT2D eigenvalue weighted by atomic mass is 16.5. The zero-order valence-corrected chi connectivity index (χ0v) is 12.2. The van der Waals surface area contributed by atoms with Crippen molar-refractivity contribution >= 4 is 5.97 Å². The number of aromatic carboxylic acids is 1. The van der Waals surface area contributed by atoms with Gasteiger partial charge >= 0.3 is 5.97 Å². The molecule has 0 bridgehead atoms. The minimum absolute atomic E-state index is 0.00990. The standard InChI is InChI=1S/C13H18N4O4/c1-8(2)4-11-12(13(18)19)14-16-17(11)6-9-5-10(7-20-3)21-15-9/h5,8H,4,6-7H2,1-3H3,(H,18,19). The van der Waals surface area contributed by atoms with Crippen molar-refractivity contribution < 1.29 is 19.2 Å². The summed E-state index contributed by atoms with van der Waals surface area (Å²) in [7, 11) is 1.57. The summed E-state index contributed by atoms with van der Waals surface area (Å²) in [4.78, 5) is 11.2. The van der Waals surface area contributed by atoms with Crippen molar-refractivity contribution in [2.75, 3.05) is 7.11 Å². The summed E-state index contributed by atoms with van der Waals surface area (Å²) >= 11 is 0. The van der Waals surface area contributed by atoms with Crippen LogP contribution in [0.2, 0.25) is 0 Å². The van der Waals surface area contributed by atoms with Crippen molar-refractivity contribution in [3.05, 3.63) is 28.9 Å². The average Bonchev–Trinajstić information content (AvgIpc) is 2.98. The number of hydrogen-bond donors (Lipinski definition) is 1. The molecule has 0 atom stereocenters. The van der Waals surface area contributed by atoms with Crippen molar-refractivity contribution in [1.82, 2.24) is 20.2 Å². The van der Waals surface area contributed by atoms with Gasteiger partial charge in [0.1, 0.15) is 12.3 Å². The third kappa shape index (κ3) is 3.66.